The van der Waals surface area contributed by atoms with Crippen molar-refractivity contribution < 1.29 is 9.90 Å². The molecular weight excluding hydrogens is 120 g/mol. The van der Waals surface area contributed by atoms with E-state index in [2.05, 4.69) is 5.43 Å². The van der Waals surface area contributed by atoms with Crippen molar-refractivity contribution in [3.63, 3.8) is 0 Å². The lowest BCUT2D eigenvalue weighted by molar-refractivity contribution is 0.139. The van der Waals surface area contributed by atoms with E-state index in [9.17, 15) is 4.79 Å². The molecule has 0 atom stereocenters. The van der Waals surface area contributed by atoms with Crippen LogP contribution in [0.15, 0.2) is 11.8 Å². The van der Waals surface area contributed by atoms with Gasteiger partial charge in [-0.3, -0.25) is 5.43 Å². The molecule has 0 saturated carbocycles. The fourth-order valence-electron chi connectivity index (χ4n) is 0.658. The van der Waals surface area contributed by atoms with Crippen LogP contribution in [-0.2, 0) is 0 Å². The normalized spacial score (nSPS) is 17.0. The SMILES string of the molecule is CC1=CCN(C(=O)O)N1. The Morgan fingerprint density at radius 2 is 2.67 bits per heavy atom. The van der Waals surface area contributed by atoms with Gasteiger partial charge in [-0.05, 0) is 13.0 Å². The highest BCUT2D eigenvalue weighted by Crippen LogP contribution is 1.99. The molecule has 1 rings (SSSR count). The van der Waals surface area contributed by atoms with Crippen molar-refractivity contribution >= 4 is 6.09 Å². The molecule has 0 aliphatic carbocycles. The number of nitrogens with one attached hydrogen (secondary N) is 1. The van der Waals surface area contributed by atoms with Crippen LogP contribution in [0.1, 0.15) is 6.92 Å². The molecule has 0 radical (unpaired) electrons. The molecule has 0 aromatic rings. The van der Waals surface area contributed by atoms with Gasteiger partial charge in [-0.1, -0.05) is 0 Å². The average Bonchev–Trinajstić information content (AvgIpc) is 2.14. The molecule has 1 amide bonds. The zero-order chi connectivity index (χ0) is 6.85. The molecule has 0 saturated heterocycles. The van der Waals surface area contributed by atoms with Gasteiger partial charge < -0.3 is 5.11 Å². The van der Waals surface area contributed by atoms with E-state index in [0.29, 0.717) is 6.54 Å². The molecule has 1 aliphatic heterocycles. The maximum atomic E-state index is 10.2. The van der Waals surface area contributed by atoms with Crippen LogP contribution in [0.4, 0.5) is 4.79 Å². The van der Waals surface area contributed by atoms with Gasteiger partial charge in [-0.25, -0.2) is 9.80 Å². The number of hydrogen-bond acceptors (Lipinski definition) is 2. The van der Waals surface area contributed by atoms with Crippen molar-refractivity contribution in [3.8, 4) is 0 Å². The lowest BCUT2D eigenvalue weighted by Crippen LogP contribution is -2.36. The van der Waals surface area contributed by atoms with Crippen LogP contribution >= 0.6 is 0 Å². The molecule has 0 fully saturated rings. The minimum absolute atomic E-state index is 0.446. The number of hydrazine groups is 1. The molecule has 0 aromatic heterocycles. The quantitative estimate of drug-likeness (QED) is 0.496. The Morgan fingerprint density at radius 1 is 2.00 bits per heavy atom. The predicted molar refractivity (Wildman–Crippen MR) is 31.6 cm³/mol. The Kier molecular flexibility index (Phi) is 1.30. The van der Waals surface area contributed by atoms with Gasteiger partial charge in [0.1, 0.15) is 0 Å². The van der Waals surface area contributed by atoms with E-state index in [1.54, 1.807) is 0 Å². The molecule has 0 spiro atoms. The highest BCUT2D eigenvalue weighted by Gasteiger charge is 2.13. The topological polar surface area (TPSA) is 52.6 Å². The molecule has 1 heterocycles. The van der Waals surface area contributed by atoms with E-state index < -0.39 is 6.09 Å². The Bertz CT molecular complexity index is 164. The van der Waals surface area contributed by atoms with E-state index in [4.69, 9.17) is 5.11 Å². The van der Waals surface area contributed by atoms with Gasteiger partial charge in [0.2, 0.25) is 0 Å². The van der Waals surface area contributed by atoms with Crippen molar-refractivity contribution in [2.24, 2.45) is 0 Å². The molecule has 0 unspecified atom stereocenters. The predicted octanol–water partition coefficient (Wildman–Crippen LogP) is 0.388. The van der Waals surface area contributed by atoms with E-state index in [1.165, 1.54) is 0 Å². The monoisotopic (exact) mass is 128 g/mol. The summed E-state index contributed by atoms with van der Waals surface area (Å²) in [4.78, 5) is 10.2. The highest BCUT2D eigenvalue weighted by molar-refractivity contribution is 5.65. The molecule has 1 aliphatic rings. The zero-order valence-electron chi connectivity index (χ0n) is 5.09. The number of carbonyl (C=O) groups is 1. The molecule has 4 nitrogen and oxygen atoms in total. The Morgan fingerprint density at radius 3 is 2.89 bits per heavy atom. The van der Waals surface area contributed by atoms with Crippen LogP contribution in [0.2, 0.25) is 0 Å². The molecule has 0 bridgehead atoms. The second kappa shape index (κ2) is 1.97. The fraction of sp³-hybridized carbons (Fsp3) is 0.400. The van der Waals surface area contributed by atoms with Crippen LogP contribution in [0.25, 0.3) is 0 Å². The number of carboxylic acid groups (broad SMARTS) is 1. The summed E-state index contributed by atoms with van der Waals surface area (Å²) in [6.07, 6.45) is 0.872. The molecule has 9 heavy (non-hydrogen) atoms. The van der Waals surface area contributed by atoms with Gasteiger partial charge in [0, 0.05) is 5.70 Å². The van der Waals surface area contributed by atoms with Crippen LogP contribution in [-0.4, -0.2) is 22.8 Å². The minimum Gasteiger partial charge on any atom is -0.464 e. The van der Waals surface area contributed by atoms with Crippen LogP contribution in [0, 0.1) is 0 Å². The van der Waals surface area contributed by atoms with Gasteiger partial charge in [0.15, 0.2) is 0 Å². The lowest BCUT2D eigenvalue weighted by atomic mass is 10.5. The van der Waals surface area contributed by atoms with E-state index in [1.807, 2.05) is 13.0 Å². The Hall–Kier alpha value is -1.19. The van der Waals surface area contributed by atoms with E-state index >= 15 is 0 Å². The standard InChI is InChI=1S/C5H8N2O2/c1-4-2-3-7(6-4)5(8)9/h2,6H,3H2,1H3,(H,8,9). The van der Waals surface area contributed by atoms with Gasteiger partial charge in [-0.15, -0.1) is 0 Å². The first kappa shape index (κ1) is 5.94. The summed E-state index contributed by atoms with van der Waals surface area (Å²) in [5.41, 5.74) is 3.53. The third kappa shape index (κ3) is 1.13. The number of nitrogens with zero attached hydrogens (tertiary/aromatic N) is 1. The second-order valence-corrected chi connectivity index (χ2v) is 1.89. The van der Waals surface area contributed by atoms with Gasteiger partial charge in [-0.2, -0.15) is 0 Å². The third-order valence-corrected chi connectivity index (χ3v) is 1.12. The highest BCUT2D eigenvalue weighted by atomic mass is 16.4. The second-order valence-electron chi connectivity index (χ2n) is 1.89. The third-order valence-electron chi connectivity index (χ3n) is 1.12. The van der Waals surface area contributed by atoms with Crippen LogP contribution < -0.4 is 5.43 Å². The van der Waals surface area contributed by atoms with Crippen molar-refractivity contribution in [1.29, 1.82) is 0 Å². The summed E-state index contributed by atoms with van der Waals surface area (Å²) in [5, 5.41) is 9.48. The maximum absolute atomic E-state index is 10.2. The first-order valence-electron chi connectivity index (χ1n) is 2.64. The largest absolute Gasteiger partial charge is 0.464 e. The van der Waals surface area contributed by atoms with Crippen LogP contribution in [0.3, 0.4) is 0 Å². The zero-order valence-corrected chi connectivity index (χ0v) is 5.09. The minimum atomic E-state index is -0.942. The molecular formula is C5H8N2O2. The first-order valence-corrected chi connectivity index (χ1v) is 2.64. The van der Waals surface area contributed by atoms with Gasteiger partial charge >= 0.3 is 6.09 Å². The molecule has 0 aromatic carbocycles. The van der Waals surface area contributed by atoms with Crippen molar-refractivity contribution in [1.82, 2.24) is 10.4 Å². The smallest absolute Gasteiger partial charge is 0.426 e. The lowest BCUT2D eigenvalue weighted by Gasteiger charge is -2.11. The van der Waals surface area contributed by atoms with Crippen molar-refractivity contribution in [3.05, 3.63) is 11.8 Å². The van der Waals surface area contributed by atoms with Crippen molar-refractivity contribution in [2.45, 2.75) is 6.92 Å². The fourth-order valence-corrected chi connectivity index (χ4v) is 0.658. The van der Waals surface area contributed by atoms with Gasteiger partial charge in [0.25, 0.3) is 0 Å². The summed E-state index contributed by atoms with van der Waals surface area (Å²) < 4.78 is 0. The first-order chi connectivity index (χ1) is 4.20. The summed E-state index contributed by atoms with van der Waals surface area (Å²) >= 11 is 0. The Labute approximate surface area is 52.7 Å². The number of hydrogen-bond donors (Lipinski definition) is 2. The van der Waals surface area contributed by atoms with E-state index in [-0.39, 0.29) is 0 Å². The summed E-state index contributed by atoms with van der Waals surface area (Å²) in [6, 6.07) is 0. The number of allylic oxidation sites excluding steroid dienone is 1. The van der Waals surface area contributed by atoms with Crippen molar-refractivity contribution in [2.75, 3.05) is 6.54 Å². The molecule has 4 heteroatoms. The summed E-state index contributed by atoms with van der Waals surface area (Å²) in [6.45, 7) is 2.27. The summed E-state index contributed by atoms with van der Waals surface area (Å²) in [5.74, 6) is 0. The Balaban J connectivity index is 2.47. The summed E-state index contributed by atoms with van der Waals surface area (Å²) in [7, 11) is 0. The van der Waals surface area contributed by atoms with Crippen LogP contribution in [0.5, 0.6) is 0 Å². The average molecular weight is 128 g/mol. The van der Waals surface area contributed by atoms with E-state index in [0.717, 1.165) is 10.7 Å². The van der Waals surface area contributed by atoms with Gasteiger partial charge in [0.05, 0.1) is 6.54 Å². The molecule has 2 N–H and O–H groups in total. The molecule has 50 valence electrons. The number of rotatable bonds is 0. The maximum Gasteiger partial charge on any atom is 0.426 e. The number of amides is 1.